The fraction of sp³-hybridized carbons (Fsp3) is 0.385. The Morgan fingerprint density at radius 2 is 1.69 bits per heavy atom. The fourth-order valence-corrected chi connectivity index (χ4v) is 1.17. The number of rotatable bonds is 0. The van der Waals surface area contributed by atoms with Crippen molar-refractivity contribution in [2.75, 3.05) is 0 Å². The van der Waals surface area contributed by atoms with Gasteiger partial charge in [-0.3, -0.25) is 0 Å². The smallest absolute Gasteiger partial charge is 0.0166 e. The molecule has 0 fully saturated rings. The van der Waals surface area contributed by atoms with E-state index in [1.807, 2.05) is 0 Å². The Morgan fingerprint density at radius 1 is 0.769 bits per heavy atom. The van der Waals surface area contributed by atoms with Crippen LogP contribution in [0.4, 0.5) is 0 Å². The third kappa shape index (κ3) is 6.15. The Balaban J connectivity index is 2.38. The summed E-state index contributed by atoms with van der Waals surface area (Å²) >= 11 is 0. The van der Waals surface area contributed by atoms with E-state index in [0.29, 0.717) is 0 Å². The van der Waals surface area contributed by atoms with E-state index < -0.39 is 0 Å². The van der Waals surface area contributed by atoms with Gasteiger partial charge in [-0.1, -0.05) is 42.5 Å². The molecule has 69 valence electrons. The van der Waals surface area contributed by atoms with E-state index in [-0.39, 0.29) is 0 Å². The molecule has 1 aliphatic rings. The molecule has 0 aromatic rings. The Kier molecular flexibility index (Phi) is 5.87. The van der Waals surface area contributed by atoms with Crippen LogP contribution < -0.4 is 0 Å². The van der Waals surface area contributed by atoms with Crippen molar-refractivity contribution in [1.29, 1.82) is 0 Å². The summed E-state index contributed by atoms with van der Waals surface area (Å²) in [6.45, 7) is 0. The van der Waals surface area contributed by atoms with Crippen LogP contribution >= 0.6 is 0 Å². The van der Waals surface area contributed by atoms with E-state index >= 15 is 0 Å². The minimum Gasteiger partial charge on any atom is -0.0879 e. The van der Waals surface area contributed by atoms with Crippen molar-refractivity contribution in [3.8, 4) is 0 Å². The van der Waals surface area contributed by atoms with Gasteiger partial charge in [0.15, 0.2) is 0 Å². The van der Waals surface area contributed by atoms with Crippen LogP contribution in [-0.4, -0.2) is 0 Å². The van der Waals surface area contributed by atoms with Crippen LogP contribution in [0.15, 0.2) is 42.5 Å². The molecule has 0 amide bonds. The third-order valence-corrected chi connectivity index (χ3v) is 1.90. The van der Waals surface area contributed by atoms with Crippen LogP contribution in [0.5, 0.6) is 0 Å². The molecule has 0 N–H and O–H groups in total. The minimum atomic E-state index is 1.05. The normalized spacial score (nSPS) is 19.1. The summed E-state index contributed by atoms with van der Waals surface area (Å²) in [5, 5.41) is 0. The predicted molar refractivity (Wildman–Crippen MR) is 58.3 cm³/mol. The summed E-state index contributed by atoms with van der Waals surface area (Å²) in [6, 6.07) is 0. The monoisotopic (exact) mass is 173 g/mol. The molecule has 0 aromatic heterocycles. The average Bonchev–Trinajstić information content (AvgIpc) is 2.18. The standard InChI is InChI=1S/C13H17/c1-2-4-6-8-10-12-13-11-9-7-5-3-1/h1-4,7,9-10H,5-6,8,11,13H2. The lowest BCUT2D eigenvalue weighted by Gasteiger charge is -1.86. The zero-order valence-corrected chi connectivity index (χ0v) is 8.08. The van der Waals surface area contributed by atoms with Crippen molar-refractivity contribution >= 4 is 0 Å². The Morgan fingerprint density at radius 3 is 2.69 bits per heavy atom. The van der Waals surface area contributed by atoms with Crippen LogP contribution in [0.1, 0.15) is 32.1 Å². The summed E-state index contributed by atoms with van der Waals surface area (Å²) in [5.41, 5.74) is 0. The van der Waals surface area contributed by atoms with E-state index in [4.69, 9.17) is 0 Å². The van der Waals surface area contributed by atoms with Crippen molar-refractivity contribution in [2.24, 2.45) is 0 Å². The molecule has 0 unspecified atom stereocenters. The van der Waals surface area contributed by atoms with E-state index in [2.05, 4.69) is 48.6 Å². The summed E-state index contributed by atoms with van der Waals surface area (Å²) < 4.78 is 0. The topological polar surface area (TPSA) is 0 Å². The van der Waals surface area contributed by atoms with Gasteiger partial charge in [0.2, 0.25) is 0 Å². The van der Waals surface area contributed by atoms with Gasteiger partial charge >= 0.3 is 0 Å². The SMILES string of the molecule is [C]1=CCCC=CC=CCC=CCC1. The lowest BCUT2D eigenvalue weighted by atomic mass is 10.2. The van der Waals surface area contributed by atoms with Gasteiger partial charge in [0.25, 0.3) is 0 Å². The molecule has 0 heterocycles. The predicted octanol–water partition coefficient (Wildman–Crippen LogP) is 3.98. The van der Waals surface area contributed by atoms with Gasteiger partial charge in [0.1, 0.15) is 0 Å². The largest absolute Gasteiger partial charge is 0.0879 e. The van der Waals surface area contributed by atoms with Gasteiger partial charge in [-0.05, 0) is 38.2 Å². The molecular formula is C13H17. The summed E-state index contributed by atoms with van der Waals surface area (Å²) in [7, 11) is 0. The molecule has 0 heteroatoms. The molecule has 0 spiro atoms. The highest BCUT2D eigenvalue weighted by molar-refractivity contribution is 5.05. The van der Waals surface area contributed by atoms with Crippen molar-refractivity contribution in [3.63, 3.8) is 0 Å². The van der Waals surface area contributed by atoms with Crippen molar-refractivity contribution in [1.82, 2.24) is 0 Å². The minimum absolute atomic E-state index is 1.05. The lowest BCUT2D eigenvalue weighted by molar-refractivity contribution is 0.982. The molecule has 0 aromatic carbocycles. The summed E-state index contributed by atoms with van der Waals surface area (Å²) in [4.78, 5) is 0. The highest BCUT2D eigenvalue weighted by Gasteiger charge is 1.80. The van der Waals surface area contributed by atoms with Gasteiger partial charge in [0.05, 0.1) is 0 Å². The zero-order chi connectivity index (χ0) is 9.19. The van der Waals surface area contributed by atoms with Crippen LogP contribution in [0, 0.1) is 6.08 Å². The maximum atomic E-state index is 3.29. The maximum absolute atomic E-state index is 3.29. The van der Waals surface area contributed by atoms with E-state index in [1.165, 1.54) is 0 Å². The number of hydrogen-bond donors (Lipinski definition) is 0. The molecule has 13 heavy (non-hydrogen) atoms. The first-order valence-corrected chi connectivity index (χ1v) is 5.02. The first kappa shape index (κ1) is 10.0. The molecule has 0 saturated heterocycles. The summed E-state index contributed by atoms with van der Waals surface area (Å²) in [5.74, 6) is 0. The molecule has 1 radical (unpaired) electrons. The molecule has 0 nitrogen and oxygen atoms in total. The second-order valence-electron chi connectivity index (χ2n) is 3.09. The highest BCUT2D eigenvalue weighted by Crippen LogP contribution is 1.99. The highest BCUT2D eigenvalue weighted by atomic mass is 13.9. The second-order valence-corrected chi connectivity index (χ2v) is 3.09. The quantitative estimate of drug-likeness (QED) is 0.486. The number of allylic oxidation sites excluding steroid dienone is 8. The average molecular weight is 173 g/mol. The van der Waals surface area contributed by atoms with E-state index in [9.17, 15) is 0 Å². The molecule has 1 aliphatic carbocycles. The maximum Gasteiger partial charge on any atom is -0.0166 e. The molecule has 1 rings (SSSR count). The Labute approximate surface area is 81.4 Å². The Hall–Kier alpha value is -1.04. The summed E-state index contributed by atoms with van der Waals surface area (Å²) in [6.07, 6.45) is 24.0. The van der Waals surface area contributed by atoms with Gasteiger partial charge in [-0.2, -0.15) is 0 Å². The lowest BCUT2D eigenvalue weighted by Crippen LogP contribution is -1.67. The first-order chi connectivity index (χ1) is 6.50. The molecule has 0 bridgehead atoms. The second kappa shape index (κ2) is 7.60. The van der Waals surface area contributed by atoms with Crippen LogP contribution in [0.25, 0.3) is 0 Å². The van der Waals surface area contributed by atoms with Crippen molar-refractivity contribution in [2.45, 2.75) is 32.1 Å². The van der Waals surface area contributed by atoms with Gasteiger partial charge in [-0.25, -0.2) is 0 Å². The number of hydrogen-bond acceptors (Lipinski definition) is 0. The molecule has 0 atom stereocenters. The zero-order valence-electron chi connectivity index (χ0n) is 8.08. The van der Waals surface area contributed by atoms with E-state index in [0.717, 1.165) is 32.1 Å². The van der Waals surface area contributed by atoms with Gasteiger partial charge < -0.3 is 0 Å². The molecular weight excluding hydrogens is 156 g/mol. The van der Waals surface area contributed by atoms with Gasteiger partial charge in [-0.15, -0.1) is 0 Å². The molecule has 0 aliphatic heterocycles. The van der Waals surface area contributed by atoms with Crippen LogP contribution in [-0.2, 0) is 0 Å². The van der Waals surface area contributed by atoms with Crippen LogP contribution in [0.3, 0.4) is 0 Å². The van der Waals surface area contributed by atoms with Crippen LogP contribution in [0.2, 0.25) is 0 Å². The van der Waals surface area contributed by atoms with E-state index in [1.54, 1.807) is 0 Å². The first-order valence-electron chi connectivity index (χ1n) is 5.02. The molecule has 0 saturated carbocycles. The Bertz CT molecular complexity index is 216. The van der Waals surface area contributed by atoms with Crippen molar-refractivity contribution < 1.29 is 0 Å². The third-order valence-electron chi connectivity index (χ3n) is 1.90. The van der Waals surface area contributed by atoms with Gasteiger partial charge in [0, 0.05) is 0 Å². The fourth-order valence-electron chi connectivity index (χ4n) is 1.17. The van der Waals surface area contributed by atoms with Crippen molar-refractivity contribution in [3.05, 3.63) is 48.6 Å².